The Labute approximate surface area is 93.3 Å². The van der Waals surface area contributed by atoms with Crippen molar-refractivity contribution in [1.29, 1.82) is 0 Å². The third-order valence-electron chi connectivity index (χ3n) is 3.54. The Morgan fingerprint density at radius 1 is 1.27 bits per heavy atom. The molecule has 0 aliphatic heterocycles. The zero-order valence-electron chi connectivity index (χ0n) is 9.93. The van der Waals surface area contributed by atoms with E-state index in [1.165, 1.54) is 32.1 Å². The van der Waals surface area contributed by atoms with Gasteiger partial charge in [-0.25, -0.2) is 0 Å². The Kier molecular flexibility index (Phi) is 5.16. The van der Waals surface area contributed by atoms with E-state index in [4.69, 9.17) is 9.84 Å². The van der Waals surface area contributed by atoms with Crippen molar-refractivity contribution in [3.63, 3.8) is 0 Å². The maximum atomic E-state index is 9.13. The van der Waals surface area contributed by atoms with Crippen molar-refractivity contribution < 1.29 is 9.84 Å². The number of aliphatic hydroxyl groups is 1. The van der Waals surface area contributed by atoms with Gasteiger partial charge < -0.3 is 9.84 Å². The molecule has 2 heteroatoms. The molecule has 1 fully saturated rings. The smallest absolute Gasteiger partial charge is 0.0882 e. The lowest BCUT2D eigenvalue weighted by atomic mass is 9.70. The van der Waals surface area contributed by atoms with Crippen LogP contribution in [0.3, 0.4) is 0 Å². The number of aliphatic hydroxyl groups excluding tert-OH is 1. The average Bonchev–Trinajstić information content (AvgIpc) is 2.19. The van der Waals surface area contributed by atoms with Crippen LogP contribution in [-0.4, -0.2) is 18.3 Å². The predicted octanol–water partition coefficient (Wildman–Crippen LogP) is 3.26. The van der Waals surface area contributed by atoms with E-state index in [9.17, 15) is 0 Å². The summed E-state index contributed by atoms with van der Waals surface area (Å²) in [5.74, 6) is 0.796. The topological polar surface area (TPSA) is 29.5 Å². The average molecular weight is 212 g/mol. The van der Waals surface area contributed by atoms with E-state index in [1.807, 2.05) is 6.92 Å². The van der Waals surface area contributed by atoms with E-state index in [1.54, 1.807) is 0 Å². The Morgan fingerprint density at radius 3 is 2.47 bits per heavy atom. The highest BCUT2D eigenvalue weighted by atomic mass is 16.5. The summed E-state index contributed by atoms with van der Waals surface area (Å²) in [7, 11) is 0. The standard InChI is InChI=1S/C13H24O2/c1-12(2)15-11-9-13(8-10-14)6-4-3-5-7-13/h14H,1,3-11H2,2H3. The van der Waals surface area contributed by atoms with Gasteiger partial charge >= 0.3 is 0 Å². The van der Waals surface area contributed by atoms with Gasteiger partial charge in [0.25, 0.3) is 0 Å². The highest BCUT2D eigenvalue weighted by Crippen LogP contribution is 2.42. The quantitative estimate of drug-likeness (QED) is 0.685. The van der Waals surface area contributed by atoms with Crippen LogP contribution in [0.1, 0.15) is 51.9 Å². The molecule has 1 aliphatic carbocycles. The van der Waals surface area contributed by atoms with Crippen LogP contribution in [0, 0.1) is 5.41 Å². The molecule has 0 heterocycles. The molecule has 0 aromatic carbocycles. The SMILES string of the molecule is C=C(C)OCCC1(CCO)CCCCC1. The summed E-state index contributed by atoms with van der Waals surface area (Å²) >= 11 is 0. The minimum absolute atomic E-state index is 0.313. The fourth-order valence-electron chi connectivity index (χ4n) is 2.61. The second-order valence-corrected chi connectivity index (χ2v) is 4.83. The van der Waals surface area contributed by atoms with Gasteiger partial charge in [-0.2, -0.15) is 0 Å². The van der Waals surface area contributed by atoms with Crippen LogP contribution in [0.15, 0.2) is 12.3 Å². The number of hydrogen-bond acceptors (Lipinski definition) is 2. The van der Waals surface area contributed by atoms with E-state index in [2.05, 4.69) is 6.58 Å². The molecule has 0 bridgehead atoms. The number of rotatable bonds is 6. The molecule has 1 rings (SSSR count). The fourth-order valence-corrected chi connectivity index (χ4v) is 2.61. The molecule has 0 amide bonds. The lowest BCUT2D eigenvalue weighted by Gasteiger charge is -2.37. The first-order valence-electron chi connectivity index (χ1n) is 6.08. The predicted molar refractivity (Wildman–Crippen MR) is 62.6 cm³/mol. The van der Waals surface area contributed by atoms with Crippen LogP contribution in [0.25, 0.3) is 0 Å². The first kappa shape index (κ1) is 12.6. The summed E-state index contributed by atoms with van der Waals surface area (Å²) in [5.41, 5.74) is 0.350. The zero-order chi connectivity index (χ0) is 11.1. The Morgan fingerprint density at radius 2 is 1.93 bits per heavy atom. The third-order valence-corrected chi connectivity index (χ3v) is 3.54. The lowest BCUT2D eigenvalue weighted by molar-refractivity contribution is 0.0810. The van der Waals surface area contributed by atoms with Crippen LogP contribution in [-0.2, 0) is 4.74 Å². The first-order chi connectivity index (χ1) is 7.18. The lowest BCUT2D eigenvalue weighted by Crippen LogP contribution is -2.27. The van der Waals surface area contributed by atoms with E-state index < -0.39 is 0 Å². The Hall–Kier alpha value is -0.500. The molecule has 0 atom stereocenters. The summed E-state index contributed by atoms with van der Waals surface area (Å²) in [6, 6.07) is 0. The maximum absolute atomic E-state index is 9.13. The van der Waals surface area contributed by atoms with Gasteiger partial charge in [0.2, 0.25) is 0 Å². The molecule has 0 spiro atoms. The number of ether oxygens (including phenoxy) is 1. The van der Waals surface area contributed by atoms with Crippen molar-refractivity contribution >= 4 is 0 Å². The van der Waals surface area contributed by atoms with Gasteiger partial charge in [0.05, 0.1) is 12.4 Å². The van der Waals surface area contributed by atoms with Gasteiger partial charge in [0, 0.05) is 6.61 Å². The molecule has 0 aromatic heterocycles. The van der Waals surface area contributed by atoms with Gasteiger partial charge in [-0.3, -0.25) is 0 Å². The summed E-state index contributed by atoms with van der Waals surface area (Å²) in [6.45, 7) is 6.70. The molecule has 0 aromatic rings. The zero-order valence-corrected chi connectivity index (χ0v) is 9.93. The maximum Gasteiger partial charge on any atom is 0.0882 e. The fraction of sp³-hybridized carbons (Fsp3) is 0.846. The van der Waals surface area contributed by atoms with Crippen LogP contribution in [0.2, 0.25) is 0 Å². The highest BCUT2D eigenvalue weighted by Gasteiger charge is 2.31. The van der Waals surface area contributed by atoms with E-state index in [0.29, 0.717) is 12.0 Å². The molecule has 2 nitrogen and oxygen atoms in total. The van der Waals surface area contributed by atoms with Crippen molar-refractivity contribution in [3.05, 3.63) is 12.3 Å². The minimum atomic E-state index is 0.313. The minimum Gasteiger partial charge on any atom is -0.499 e. The van der Waals surface area contributed by atoms with Gasteiger partial charge in [-0.05, 0) is 38.0 Å². The second-order valence-electron chi connectivity index (χ2n) is 4.83. The summed E-state index contributed by atoms with van der Waals surface area (Å²) in [6.07, 6.45) is 8.50. The van der Waals surface area contributed by atoms with Crippen LogP contribution >= 0.6 is 0 Å². The van der Waals surface area contributed by atoms with Crippen LogP contribution in [0.5, 0.6) is 0 Å². The largest absolute Gasteiger partial charge is 0.499 e. The molecule has 1 aliphatic rings. The van der Waals surface area contributed by atoms with Crippen molar-refractivity contribution in [3.8, 4) is 0 Å². The van der Waals surface area contributed by atoms with Gasteiger partial charge in [0.15, 0.2) is 0 Å². The molecule has 0 unspecified atom stereocenters. The summed E-state index contributed by atoms with van der Waals surface area (Å²) in [4.78, 5) is 0. The second kappa shape index (κ2) is 6.16. The molecule has 15 heavy (non-hydrogen) atoms. The van der Waals surface area contributed by atoms with Gasteiger partial charge in [-0.15, -0.1) is 0 Å². The van der Waals surface area contributed by atoms with E-state index in [-0.39, 0.29) is 0 Å². The van der Waals surface area contributed by atoms with Crippen LogP contribution in [0.4, 0.5) is 0 Å². The van der Waals surface area contributed by atoms with E-state index >= 15 is 0 Å². The molecule has 1 N–H and O–H groups in total. The molecule has 0 saturated heterocycles. The van der Waals surface area contributed by atoms with Crippen molar-refractivity contribution in [1.82, 2.24) is 0 Å². The molecule has 88 valence electrons. The van der Waals surface area contributed by atoms with Gasteiger partial charge in [0.1, 0.15) is 0 Å². The summed E-state index contributed by atoms with van der Waals surface area (Å²) in [5, 5.41) is 9.13. The molecular formula is C13H24O2. The Bertz CT molecular complexity index is 187. The number of hydrogen-bond donors (Lipinski definition) is 1. The number of allylic oxidation sites excluding steroid dienone is 1. The van der Waals surface area contributed by atoms with Crippen molar-refractivity contribution in [2.45, 2.75) is 51.9 Å². The monoisotopic (exact) mass is 212 g/mol. The van der Waals surface area contributed by atoms with Crippen molar-refractivity contribution in [2.75, 3.05) is 13.2 Å². The van der Waals surface area contributed by atoms with Crippen molar-refractivity contribution in [2.24, 2.45) is 5.41 Å². The summed E-state index contributed by atoms with van der Waals surface area (Å²) < 4.78 is 5.44. The molecular weight excluding hydrogens is 188 g/mol. The van der Waals surface area contributed by atoms with Crippen LogP contribution < -0.4 is 0 Å². The normalized spacial score (nSPS) is 19.9. The highest BCUT2D eigenvalue weighted by molar-refractivity contribution is 4.83. The third kappa shape index (κ3) is 4.25. The van der Waals surface area contributed by atoms with E-state index in [0.717, 1.165) is 25.2 Å². The Balaban J connectivity index is 2.37. The molecule has 1 saturated carbocycles. The first-order valence-corrected chi connectivity index (χ1v) is 6.08. The van der Waals surface area contributed by atoms with Gasteiger partial charge in [-0.1, -0.05) is 25.8 Å². The molecule has 0 radical (unpaired) electrons.